The van der Waals surface area contributed by atoms with Gasteiger partial charge in [-0.25, -0.2) is 0 Å². The highest BCUT2D eigenvalue weighted by Crippen LogP contribution is 2.34. The lowest BCUT2D eigenvalue weighted by Crippen LogP contribution is -2.37. The minimum absolute atomic E-state index is 0.316. The van der Waals surface area contributed by atoms with Crippen LogP contribution in [0, 0.1) is 5.41 Å². The average molecular weight is 241 g/mol. The zero-order valence-electron chi connectivity index (χ0n) is 11.3. The summed E-state index contributed by atoms with van der Waals surface area (Å²) in [5, 5.41) is 12.1. The largest absolute Gasteiger partial charge is 0.481 e. The van der Waals surface area contributed by atoms with Crippen LogP contribution in [0.1, 0.15) is 65.2 Å². The van der Waals surface area contributed by atoms with E-state index in [9.17, 15) is 4.79 Å². The Kier molecular flexibility index (Phi) is 5.96. The Labute approximate surface area is 105 Å². The van der Waals surface area contributed by atoms with Gasteiger partial charge >= 0.3 is 5.97 Å². The summed E-state index contributed by atoms with van der Waals surface area (Å²) in [5.41, 5.74) is 0.499. The summed E-state index contributed by atoms with van der Waals surface area (Å²) < 4.78 is 0. The Bertz CT molecular complexity index is 238. The molecule has 1 aliphatic rings. The molecule has 1 aliphatic carbocycles. The summed E-state index contributed by atoms with van der Waals surface area (Å²) >= 11 is 0. The van der Waals surface area contributed by atoms with E-state index in [1.807, 2.05) is 0 Å². The lowest BCUT2D eigenvalue weighted by atomic mass is 9.75. The van der Waals surface area contributed by atoms with E-state index in [0.717, 1.165) is 25.8 Å². The predicted molar refractivity (Wildman–Crippen MR) is 70.1 cm³/mol. The summed E-state index contributed by atoms with van der Waals surface area (Å²) in [6.45, 7) is 5.75. The molecule has 1 unspecified atom stereocenters. The molecule has 1 rings (SSSR count). The van der Waals surface area contributed by atoms with Crippen LogP contribution in [0.4, 0.5) is 0 Å². The van der Waals surface area contributed by atoms with Crippen molar-refractivity contribution in [2.75, 3.05) is 6.54 Å². The van der Waals surface area contributed by atoms with Gasteiger partial charge in [-0.05, 0) is 44.1 Å². The molecule has 0 spiro atoms. The Morgan fingerprint density at radius 2 is 2.12 bits per heavy atom. The lowest BCUT2D eigenvalue weighted by Gasteiger charge is -2.35. The first-order chi connectivity index (χ1) is 7.99. The van der Waals surface area contributed by atoms with Crippen molar-refractivity contribution < 1.29 is 9.90 Å². The summed E-state index contributed by atoms with van der Waals surface area (Å²) in [7, 11) is 0. The number of rotatable bonds is 7. The van der Waals surface area contributed by atoms with Crippen LogP contribution in [0.3, 0.4) is 0 Å². The third kappa shape index (κ3) is 6.67. The highest BCUT2D eigenvalue weighted by atomic mass is 16.4. The van der Waals surface area contributed by atoms with E-state index in [0.29, 0.717) is 17.9 Å². The standard InChI is InChI=1S/C14H27NO2/c1-14(2)9-6-7-12(11-14)15-10-5-3-4-8-13(16)17/h12,15H,3-11H2,1-2H3,(H,16,17). The quantitative estimate of drug-likeness (QED) is 0.673. The minimum atomic E-state index is -0.674. The van der Waals surface area contributed by atoms with Crippen LogP contribution in [0.15, 0.2) is 0 Å². The van der Waals surface area contributed by atoms with Crippen LogP contribution in [0.5, 0.6) is 0 Å². The fourth-order valence-electron chi connectivity index (χ4n) is 2.76. The van der Waals surface area contributed by atoms with E-state index in [-0.39, 0.29) is 0 Å². The Morgan fingerprint density at radius 3 is 2.76 bits per heavy atom. The van der Waals surface area contributed by atoms with E-state index in [1.54, 1.807) is 0 Å². The van der Waals surface area contributed by atoms with Crippen molar-refractivity contribution in [2.45, 2.75) is 71.3 Å². The van der Waals surface area contributed by atoms with Gasteiger partial charge < -0.3 is 10.4 Å². The maximum Gasteiger partial charge on any atom is 0.303 e. The number of carbonyl (C=O) groups is 1. The van der Waals surface area contributed by atoms with E-state index in [4.69, 9.17) is 5.11 Å². The van der Waals surface area contributed by atoms with Crippen molar-refractivity contribution in [2.24, 2.45) is 5.41 Å². The summed E-state index contributed by atoms with van der Waals surface area (Å²) in [6, 6.07) is 0.679. The molecule has 17 heavy (non-hydrogen) atoms. The number of nitrogens with one attached hydrogen (secondary N) is 1. The van der Waals surface area contributed by atoms with Crippen LogP contribution < -0.4 is 5.32 Å². The molecule has 0 aliphatic heterocycles. The molecule has 1 fully saturated rings. The molecule has 2 N–H and O–H groups in total. The molecule has 0 amide bonds. The summed E-state index contributed by atoms with van der Waals surface area (Å²) in [6.07, 6.45) is 8.53. The molecule has 100 valence electrons. The molecule has 3 heteroatoms. The minimum Gasteiger partial charge on any atom is -0.481 e. The normalized spacial score (nSPS) is 23.5. The molecule has 0 aromatic heterocycles. The third-order valence-electron chi connectivity index (χ3n) is 3.71. The Hall–Kier alpha value is -0.570. The molecule has 0 radical (unpaired) electrons. The maximum atomic E-state index is 10.3. The average Bonchev–Trinajstić information content (AvgIpc) is 2.21. The van der Waals surface area contributed by atoms with E-state index >= 15 is 0 Å². The molecule has 0 saturated heterocycles. The number of aliphatic carboxylic acids is 1. The highest BCUT2D eigenvalue weighted by molar-refractivity contribution is 5.66. The van der Waals surface area contributed by atoms with Gasteiger partial charge in [0.15, 0.2) is 0 Å². The first kappa shape index (κ1) is 14.5. The van der Waals surface area contributed by atoms with Crippen molar-refractivity contribution in [1.29, 1.82) is 0 Å². The summed E-state index contributed by atoms with van der Waals surface area (Å²) in [4.78, 5) is 10.3. The highest BCUT2D eigenvalue weighted by Gasteiger charge is 2.27. The monoisotopic (exact) mass is 241 g/mol. The smallest absolute Gasteiger partial charge is 0.303 e. The Morgan fingerprint density at radius 1 is 1.35 bits per heavy atom. The van der Waals surface area contributed by atoms with Crippen molar-refractivity contribution in [3.05, 3.63) is 0 Å². The van der Waals surface area contributed by atoms with Crippen LogP contribution in [-0.4, -0.2) is 23.7 Å². The van der Waals surface area contributed by atoms with Crippen molar-refractivity contribution in [1.82, 2.24) is 5.32 Å². The predicted octanol–water partition coefficient (Wildman–Crippen LogP) is 3.19. The first-order valence-electron chi connectivity index (χ1n) is 6.95. The summed E-state index contributed by atoms with van der Waals surface area (Å²) in [5.74, 6) is -0.674. The van der Waals surface area contributed by atoms with Gasteiger partial charge in [-0.3, -0.25) is 4.79 Å². The zero-order chi connectivity index (χ0) is 12.7. The lowest BCUT2D eigenvalue weighted by molar-refractivity contribution is -0.137. The number of hydrogen-bond acceptors (Lipinski definition) is 2. The molecule has 0 aromatic rings. The van der Waals surface area contributed by atoms with Gasteiger partial charge in [-0.1, -0.05) is 26.7 Å². The topological polar surface area (TPSA) is 49.3 Å². The number of unbranched alkanes of at least 4 members (excludes halogenated alkanes) is 2. The fraction of sp³-hybridized carbons (Fsp3) is 0.929. The second-order valence-electron chi connectivity index (χ2n) is 6.12. The van der Waals surface area contributed by atoms with Gasteiger partial charge in [0.1, 0.15) is 0 Å². The van der Waals surface area contributed by atoms with E-state index in [1.165, 1.54) is 25.7 Å². The second-order valence-corrected chi connectivity index (χ2v) is 6.12. The van der Waals surface area contributed by atoms with Gasteiger partial charge in [0, 0.05) is 12.5 Å². The van der Waals surface area contributed by atoms with Crippen molar-refractivity contribution in [3.8, 4) is 0 Å². The molecular formula is C14H27NO2. The van der Waals surface area contributed by atoms with Crippen LogP contribution in [-0.2, 0) is 4.79 Å². The molecule has 0 heterocycles. The first-order valence-corrected chi connectivity index (χ1v) is 6.95. The molecule has 3 nitrogen and oxygen atoms in total. The Balaban J connectivity index is 2.01. The SMILES string of the molecule is CC1(C)CCCC(NCCCCCC(=O)O)C1. The van der Waals surface area contributed by atoms with Gasteiger partial charge in [0.2, 0.25) is 0 Å². The van der Waals surface area contributed by atoms with Gasteiger partial charge in [-0.2, -0.15) is 0 Å². The second kappa shape index (κ2) is 7.00. The van der Waals surface area contributed by atoms with Gasteiger partial charge in [-0.15, -0.1) is 0 Å². The number of hydrogen-bond donors (Lipinski definition) is 2. The van der Waals surface area contributed by atoms with Crippen LogP contribution in [0.25, 0.3) is 0 Å². The molecular weight excluding hydrogens is 214 g/mol. The van der Waals surface area contributed by atoms with E-state index in [2.05, 4.69) is 19.2 Å². The van der Waals surface area contributed by atoms with Crippen LogP contribution in [0.2, 0.25) is 0 Å². The van der Waals surface area contributed by atoms with Gasteiger partial charge in [0.05, 0.1) is 0 Å². The fourth-order valence-corrected chi connectivity index (χ4v) is 2.76. The van der Waals surface area contributed by atoms with Gasteiger partial charge in [0.25, 0.3) is 0 Å². The molecule has 1 saturated carbocycles. The molecule has 1 atom stereocenters. The van der Waals surface area contributed by atoms with Crippen LogP contribution >= 0.6 is 0 Å². The van der Waals surface area contributed by atoms with Crippen molar-refractivity contribution in [3.63, 3.8) is 0 Å². The molecule has 0 aromatic carbocycles. The number of carboxylic acid groups (broad SMARTS) is 1. The van der Waals surface area contributed by atoms with E-state index < -0.39 is 5.97 Å². The number of carboxylic acids is 1. The zero-order valence-corrected chi connectivity index (χ0v) is 11.3. The molecule has 0 bridgehead atoms. The van der Waals surface area contributed by atoms with Crippen molar-refractivity contribution >= 4 is 5.97 Å². The third-order valence-corrected chi connectivity index (χ3v) is 3.71. The maximum absolute atomic E-state index is 10.3.